The molecule has 4 heterocycles. The molecule has 0 bridgehead atoms. The SMILES string of the molecule is CCc1ccc(N2C(=O)[C@H]3[C@H](CC=C4[C@H]3C[C@H]3C(=O)N(c5cc(-c6sc7ccc(Cl)cc7c6C)nn5C)C(=O)[C@@]3(C)[C@H]4c3c(OC)cc(O)cc3OC)C2=O)cc1. The minimum Gasteiger partial charge on any atom is -0.508 e. The van der Waals surface area contributed by atoms with Gasteiger partial charge in [0.25, 0.3) is 0 Å². The molecule has 6 atom stereocenters. The van der Waals surface area contributed by atoms with E-state index in [2.05, 4.69) is 0 Å². The first kappa shape index (κ1) is 37.1. The molecular formula is C44H41ClN4O7S. The van der Waals surface area contributed by atoms with E-state index in [0.29, 0.717) is 27.8 Å². The van der Waals surface area contributed by atoms with Gasteiger partial charge in [-0.2, -0.15) is 5.10 Å². The van der Waals surface area contributed by atoms with E-state index in [1.54, 1.807) is 36.1 Å². The maximum atomic E-state index is 15.3. The predicted octanol–water partition coefficient (Wildman–Crippen LogP) is 7.98. The maximum absolute atomic E-state index is 15.3. The third-order valence-electron chi connectivity index (χ3n) is 12.9. The Morgan fingerprint density at radius 2 is 1.63 bits per heavy atom. The quantitative estimate of drug-likeness (QED) is 0.130. The topological polar surface area (TPSA) is 131 Å². The van der Waals surface area contributed by atoms with E-state index < -0.39 is 46.8 Å². The summed E-state index contributed by atoms with van der Waals surface area (Å²) in [7, 11) is 4.65. The Labute approximate surface area is 338 Å². The van der Waals surface area contributed by atoms with Crippen LogP contribution in [0.5, 0.6) is 17.2 Å². The maximum Gasteiger partial charge on any atom is 0.242 e. The number of aryl methyl sites for hydroxylation is 3. The van der Waals surface area contributed by atoms with Gasteiger partial charge in [-0.25, -0.2) is 4.90 Å². The molecule has 4 amide bonds. The normalized spacial score (nSPS) is 25.5. The molecule has 5 aromatic rings. The fourth-order valence-electron chi connectivity index (χ4n) is 10.1. The molecule has 1 N–H and O–H groups in total. The number of rotatable bonds is 7. The van der Waals surface area contributed by atoms with Gasteiger partial charge in [-0.15, -0.1) is 11.3 Å². The number of nitrogens with zero attached hydrogens (tertiary/aromatic N) is 4. The largest absolute Gasteiger partial charge is 0.508 e. The molecule has 2 aliphatic carbocycles. The van der Waals surface area contributed by atoms with Gasteiger partial charge in [0.2, 0.25) is 23.6 Å². The molecule has 3 fully saturated rings. The van der Waals surface area contributed by atoms with Gasteiger partial charge in [-0.3, -0.25) is 28.8 Å². The minimum atomic E-state index is -1.39. The standard InChI is InChI=1S/C44H41ClN4O7S/c1-7-22-8-11-24(12-9-22)48-40(51)27-14-13-26-29(36(27)42(48)53)19-30-41(52)49(43(54)44(30,3)38(26)37-32(55-5)17-25(50)18-33(37)56-6)35-20-31(46-47(35)4)39-21(2)28-16-23(45)10-15-34(28)57-39/h8-13,15-18,20,27,29-30,36,38,50H,7,14,19H2,1-6H3/t27-,29+,30-,36-,38+,44+/m0/s1. The van der Waals surface area contributed by atoms with Crippen molar-refractivity contribution in [3.8, 4) is 27.8 Å². The van der Waals surface area contributed by atoms with Crippen LogP contribution in [0.3, 0.4) is 0 Å². The number of imide groups is 2. The van der Waals surface area contributed by atoms with E-state index in [1.807, 2.05) is 62.4 Å². The number of amides is 4. The number of methoxy groups -OCH3 is 2. The number of hydrogen-bond acceptors (Lipinski definition) is 9. The van der Waals surface area contributed by atoms with Crippen LogP contribution in [0.4, 0.5) is 11.5 Å². The van der Waals surface area contributed by atoms with Crippen molar-refractivity contribution in [3.63, 3.8) is 0 Å². The van der Waals surface area contributed by atoms with Crippen LogP contribution in [0.1, 0.15) is 49.3 Å². The number of phenols is 1. The number of benzene rings is 3. The summed E-state index contributed by atoms with van der Waals surface area (Å²) in [6.45, 7) is 5.85. The summed E-state index contributed by atoms with van der Waals surface area (Å²) in [5, 5.41) is 17.2. The number of ether oxygens (including phenoxy) is 2. The highest BCUT2D eigenvalue weighted by Gasteiger charge is 2.68. The zero-order valence-electron chi connectivity index (χ0n) is 32.3. The van der Waals surface area contributed by atoms with Crippen LogP contribution >= 0.6 is 22.9 Å². The number of halogens is 1. The van der Waals surface area contributed by atoms with Crippen molar-refractivity contribution in [1.82, 2.24) is 9.78 Å². The third kappa shape index (κ3) is 5.25. The van der Waals surface area contributed by atoms with Crippen molar-refractivity contribution in [3.05, 3.63) is 94.0 Å². The molecule has 2 aliphatic heterocycles. The van der Waals surface area contributed by atoms with Crippen LogP contribution in [0.25, 0.3) is 20.7 Å². The predicted molar refractivity (Wildman–Crippen MR) is 218 cm³/mol. The first-order valence-electron chi connectivity index (χ1n) is 19.0. The summed E-state index contributed by atoms with van der Waals surface area (Å²) in [6, 6.07) is 17.9. The molecule has 57 heavy (non-hydrogen) atoms. The molecule has 9 rings (SSSR count). The number of thiophene rings is 1. The summed E-state index contributed by atoms with van der Waals surface area (Å²) in [5.74, 6) is -4.33. The summed E-state index contributed by atoms with van der Waals surface area (Å²) in [6.07, 6.45) is 3.25. The molecular weight excluding hydrogens is 764 g/mol. The number of carbonyl (C=O) groups is 4. The van der Waals surface area contributed by atoms with Gasteiger partial charge in [0, 0.05) is 46.5 Å². The second-order valence-corrected chi connectivity index (χ2v) is 17.2. The van der Waals surface area contributed by atoms with Gasteiger partial charge in [-0.05, 0) is 85.9 Å². The monoisotopic (exact) mass is 804 g/mol. The minimum absolute atomic E-state index is 0.0998. The van der Waals surface area contributed by atoms with Gasteiger partial charge in [0.15, 0.2) is 0 Å². The summed E-state index contributed by atoms with van der Waals surface area (Å²) in [4.78, 5) is 62.6. The van der Waals surface area contributed by atoms with Gasteiger partial charge in [0.1, 0.15) is 28.8 Å². The number of anilines is 2. The van der Waals surface area contributed by atoms with E-state index >= 15 is 9.59 Å². The number of allylic oxidation sites excluding steroid dienone is 2. The van der Waals surface area contributed by atoms with E-state index in [-0.39, 0.29) is 41.9 Å². The number of carbonyl (C=O) groups excluding carboxylic acids is 4. The summed E-state index contributed by atoms with van der Waals surface area (Å²) in [5.41, 5.74) is 3.07. The van der Waals surface area contributed by atoms with Gasteiger partial charge in [-0.1, -0.05) is 42.3 Å². The van der Waals surface area contributed by atoms with E-state index in [1.165, 1.54) is 36.2 Å². The van der Waals surface area contributed by atoms with E-state index in [0.717, 1.165) is 38.1 Å². The molecule has 3 aromatic carbocycles. The van der Waals surface area contributed by atoms with Crippen molar-refractivity contribution < 1.29 is 33.8 Å². The molecule has 0 spiro atoms. The first-order valence-corrected chi connectivity index (χ1v) is 20.2. The van der Waals surface area contributed by atoms with E-state index in [4.69, 9.17) is 26.2 Å². The Kier molecular flexibility index (Phi) is 8.67. The van der Waals surface area contributed by atoms with Gasteiger partial charge < -0.3 is 14.6 Å². The highest BCUT2D eigenvalue weighted by atomic mass is 35.5. The van der Waals surface area contributed by atoms with Crippen LogP contribution in [0.15, 0.2) is 72.3 Å². The average molecular weight is 805 g/mol. The van der Waals surface area contributed by atoms with Crippen molar-refractivity contribution in [2.45, 2.75) is 46.0 Å². The van der Waals surface area contributed by atoms with Crippen LogP contribution < -0.4 is 19.3 Å². The molecule has 0 unspecified atom stereocenters. The number of phenolic OH excluding ortho intramolecular Hbond substituents is 1. The number of aromatic nitrogens is 2. The lowest BCUT2D eigenvalue weighted by Gasteiger charge is -2.49. The molecule has 2 saturated heterocycles. The highest BCUT2D eigenvalue weighted by Crippen LogP contribution is 2.66. The van der Waals surface area contributed by atoms with Crippen molar-refractivity contribution in [2.75, 3.05) is 24.0 Å². The Morgan fingerprint density at radius 3 is 2.30 bits per heavy atom. The molecule has 2 aromatic heterocycles. The average Bonchev–Trinajstić information content (AvgIpc) is 3.87. The van der Waals surface area contributed by atoms with Crippen LogP contribution in [0, 0.1) is 36.0 Å². The fourth-order valence-corrected chi connectivity index (χ4v) is 11.4. The molecule has 13 heteroatoms. The second-order valence-electron chi connectivity index (χ2n) is 15.7. The zero-order chi connectivity index (χ0) is 40.2. The highest BCUT2D eigenvalue weighted by molar-refractivity contribution is 7.22. The Morgan fingerprint density at radius 1 is 0.930 bits per heavy atom. The van der Waals surface area contributed by atoms with Crippen LogP contribution in [-0.2, 0) is 32.6 Å². The second kappa shape index (κ2) is 13.3. The Bertz CT molecular complexity index is 2570. The van der Waals surface area contributed by atoms with E-state index in [9.17, 15) is 14.7 Å². The van der Waals surface area contributed by atoms with Crippen LogP contribution in [-0.4, -0.2) is 52.7 Å². The molecule has 11 nitrogen and oxygen atoms in total. The summed E-state index contributed by atoms with van der Waals surface area (Å²) >= 11 is 7.90. The smallest absolute Gasteiger partial charge is 0.242 e. The lowest BCUT2D eigenvalue weighted by atomic mass is 9.51. The van der Waals surface area contributed by atoms with Gasteiger partial charge >= 0.3 is 0 Å². The van der Waals surface area contributed by atoms with Crippen molar-refractivity contribution in [1.29, 1.82) is 0 Å². The van der Waals surface area contributed by atoms with Gasteiger partial charge in [0.05, 0.1) is 48.0 Å². The molecule has 292 valence electrons. The van der Waals surface area contributed by atoms with Crippen molar-refractivity contribution >= 4 is 68.2 Å². The van der Waals surface area contributed by atoms with Crippen LogP contribution in [0.2, 0.25) is 5.02 Å². The zero-order valence-corrected chi connectivity index (χ0v) is 33.9. The fraction of sp³-hybridized carbons (Fsp3) is 0.341. The van der Waals surface area contributed by atoms with Crippen molar-refractivity contribution in [2.24, 2.45) is 36.1 Å². The lowest BCUT2D eigenvalue weighted by molar-refractivity contribution is -0.131. The number of hydrogen-bond donors (Lipinski definition) is 1. The third-order valence-corrected chi connectivity index (χ3v) is 14.4. The first-order chi connectivity index (χ1) is 27.3. The molecule has 0 radical (unpaired) electrons. The summed E-state index contributed by atoms with van der Waals surface area (Å²) < 4.78 is 14.3. The number of fused-ring (bicyclic) bond motifs is 5. The molecule has 4 aliphatic rings. The Hall–Kier alpha value is -5.46. The number of aromatic hydroxyl groups is 1. The lowest BCUT2D eigenvalue weighted by Crippen LogP contribution is -2.49. The molecule has 1 saturated carbocycles. The Balaban J connectivity index is 1.18.